The van der Waals surface area contributed by atoms with E-state index in [-0.39, 0.29) is 30.0 Å². The standard InChI is InChI=1S/C22H17FN2O4.C5H11NO2.C2H6/c1-9-10-3-2-4-11-13-7-25-17(19(13)24-16(18(10)11)6-15(9)23)5-12-14(21(25)27)8-29-22(28)20(12)26;1-5(2,8)3-4(6)7;1-2/h5-6,20,26H,2-4,7-8H2,1H3;8H,3H2,1-2H3,(H2,6,7);1-2H3. The van der Waals surface area contributed by atoms with E-state index in [1.54, 1.807) is 17.6 Å². The summed E-state index contributed by atoms with van der Waals surface area (Å²) in [5, 5.41) is 20.1. The van der Waals surface area contributed by atoms with E-state index in [2.05, 4.69) is 0 Å². The molecule has 0 saturated carbocycles. The van der Waals surface area contributed by atoms with Crippen molar-refractivity contribution in [3.05, 3.63) is 61.7 Å². The highest BCUT2D eigenvalue weighted by Crippen LogP contribution is 2.41. The number of pyridine rings is 2. The molecule has 0 bridgehead atoms. The minimum atomic E-state index is -1.48. The number of aromatic nitrogens is 2. The number of carbonyl (C=O) groups is 2. The molecule has 0 fully saturated rings. The van der Waals surface area contributed by atoms with Crippen LogP contribution < -0.4 is 11.3 Å². The number of carbonyl (C=O) groups excluding carboxylic acids is 2. The van der Waals surface area contributed by atoms with Crippen molar-refractivity contribution < 1.29 is 28.9 Å². The molecule has 2 aliphatic heterocycles. The fourth-order valence-corrected chi connectivity index (χ4v) is 5.49. The molecule has 10 heteroatoms. The zero-order valence-electron chi connectivity index (χ0n) is 22.9. The second kappa shape index (κ2) is 10.5. The first-order valence-electron chi connectivity index (χ1n) is 13.1. The van der Waals surface area contributed by atoms with Crippen LogP contribution in [0.25, 0.3) is 22.3 Å². The molecule has 0 radical (unpaired) electrons. The number of esters is 1. The lowest BCUT2D eigenvalue weighted by Gasteiger charge is -2.22. The van der Waals surface area contributed by atoms with Gasteiger partial charge in [-0.15, -0.1) is 0 Å². The largest absolute Gasteiger partial charge is 0.458 e. The molecule has 1 amide bonds. The molecule has 1 unspecified atom stereocenters. The number of aryl methyl sites for hydroxylation is 2. The monoisotopic (exact) mass is 539 g/mol. The molecular weight excluding hydrogens is 505 g/mol. The minimum absolute atomic E-state index is 0.0208. The third kappa shape index (κ3) is 5.06. The van der Waals surface area contributed by atoms with Crippen LogP contribution in [0, 0.1) is 12.7 Å². The lowest BCUT2D eigenvalue weighted by atomic mass is 9.85. The van der Waals surface area contributed by atoms with E-state index in [0.717, 1.165) is 41.3 Å². The Balaban J connectivity index is 0.000000307. The Hall–Kier alpha value is -3.63. The Morgan fingerprint density at radius 2 is 1.85 bits per heavy atom. The van der Waals surface area contributed by atoms with Gasteiger partial charge in [-0.1, -0.05) is 13.8 Å². The average molecular weight is 540 g/mol. The maximum Gasteiger partial charge on any atom is 0.340 e. The molecule has 4 N–H and O–H groups in total. The Kier molecular flexibility index (Phi) is 7.64. The summed E-state index contributed by atoms with van der Waals surface area (Å²) in [5.74, 6) is -1.51. The van der Waals surface area contributed by atoms with Crippen LogP contribution in [0.2, 0.25) is 0 Å². The Morgan fingerprint density at radius 1 is 1.18 bits per heavy atom. The fourth-order valence-electron chi connectivity index (χ4n) is 5.49. The van der Waals surface area contributed by atoms with Gasteiger partial charge in [0.25, 0.3) is 5.56 Å². The van der Waals surface area contributed by atoms with Crippen molar-refractivity contribution >= 4 is 22.8 Å². The third-order valence-corrected chi connectivity index (χ3v) is 7.15. The number of primary amides is 1. The molecule has 39 heavy (non-hydrogen) atoms. The van der Waals surface area contributed by atoms with Crippen molar-refractivity contribution in [2.45, 2.75) is 85.2 Å². The molecule has 6 rings (SSSR count). The van der Waals surface area contributed by atoms with Gasteiger partial charge in [0.2, 0.25) is 5.91 Å². The van der Waals surface area contributed by atoms with E-state index < -0.39 is 23.6 Å². The highest BCUT2D eigenvalue weighted by molar-refractivity contribution is 5.92. The maximum atomic E-state index is 14.5. The molecule has 3 aliphatic rings. The van der Waals surface area contributed by atoms with Gasteiger partial charge in [0.15, 0.2) is 6.10 Å². The zero-order valence-corrected chi connectivity index (χ0v) is 22.9. The van der Waals surface area contributed by atoms with Gasteiger partial charge < -0.3 is 25.3 Å². The number of halogens is 1. The number of rotatable bonds is 2. The molecule has 1 aliphatic carbocycles. The quantitative estimate of drug-likeness (QED) is 0.332. The molecule has 208 valence electrons. The van der Waals surface area contributed by atoms with Gasteiger partial charge in [-0.25, -0.2) is 14.2 Å². The molecular formula is C29H34FN3O6. The summed E-state index contributed by atoms with van der Waals surface area (Å²) in [6, 6.07) is 3.13. The number of cyclic esters (lactones) is 1. The Morgan fingerprint density at radius 3 is 2.46 bits per heavy atom. The van der Waals surface area contributed by atoms with Gasteiger partial charge in [0.1, 0.15) is 12.4 Å². The molecule has 3 aromatic rings. The highest BCUT2D eigenvalue weighted by Gasteiger charge is 2.35. The summed E-state index contributed by atoms with van der Waals surface area (Å²) in [5.41, 5.74) is 9.69. The van der Waals surface area contributed by atoms with Crippen molar-refractivity contribution in [3.8, 4) is 11.4 Å². The van der Waals surface area contributed by atoms with Crippen LogP contribution in [0.3, 0.4) is 0 Å². The molecule has 0 saturated heterocycles. The normalized spacial score (nSPS) is 16.6. The fraction of sp³-hybridized carbons (Fsp3) is 0.448. The van der Waals surface area contributed by atoms with E-state index in [0.29, 0.717) is 34.6 Å². The number of aliphatic hydroxyl groups is 2. The topological polar surface area (TPSA) is 145 Å². The van der Waals surface area contributed by atoms with Gasteiger partial charge >= 0.3 is 5.97 Å². The van der Waals surface area contributed by atoms with Gasteiger partial charge in [0, 0.05) is 22.6 Å². The van der Waals surface area contributed by atoms with Crippen LogP contribution in [0.5, 0.6) is 0 Å². The predicted molar refractivity (Wildman–Crippen MR) is 143 cm³/mol. The van der Waals surface area contributed by atoms with Crippen molar-refractivity contribution in [3.63, 3.8) is 0 Å². The van der Waals surface area contributed by atoms with Gasteiger partial charge in [0.05, 0.1) is 41.0 Å². The second-order valence-electron chi connectivity index (χ2n) is 10.4. The second-order valence-corrected chi connectivity index (χ2v) is 10.4. The zero-order chi connectivity index (χ0) is 28.8. The number of hydrogen-bond donors (Lipinski definition) is 3. The van der Waals surface area contributed by atoms with Crippen LogP contribution in [-0.2, 0) is 40.3 Å². The van der Waals surface area contributed by atoms with Crippen LogP contribution in [0.1, 0.15) is 80.0 Å². The first-order chi connectivity index (χ1) is 18.4. The van der Waals surface area contributed by atoms with Crippen molar-refractivity contribution in [2.75, 3.05) is 0 Å². The molecule has 4 heterocycles. The summed E-state index contributed by atoms with van der Waals surface area (Å²) in [6.45, 7) is 9.13. The number of aliphatic hydroxyl groups excluding tert-OH is 1. The van der Waals surface area contributed by atoms with Gasteiger partial charge in [-0.2, -0.15) is 0 Å². The van der Waals surface area contributed by atoms with E-state index in [1.165, 1.54) is 19.9 Å². The lowest BCUT2D eigenvalue weighted by molar-refractivity contribution is -0.157. The molecule has 9 nitrogen and oxygen atoms in total. The number of benzene rings is 1. The number of amides is 1. The summed E-state index contributed by atoms with van der Waals surface area (Å²) < 4.78 is 21.1. The summed E-state index contributed by atoms with van der Waals surface area (Å²) in [4.78, 5) is 39.7. The van der Waals surface area contributed by atoms with Crippen molar-refractivity contribution in [1.29, 1.82) is 0 Å². The Labute approximate surface area is 225 Å². The molecule has 1 atom stereocenters. The average Bonchev–Trinajstić information content (AvgIpc) is 3.24. The smallest absolute Gasteiger partial charge is 0.340 e. The Bertz CT molecular complexity index is 1550. The van der Waals surface area contributed by atoms with Crippen LogP contribution in [0.4, 0.5) is 4.39 Å². The summed E-state index contributed by atoms with van der Waals surface area (Å²) in [7, 11) is 0. The predicted octanol–water partition coefficient (Wildman–Crippen LogP) is 3.11. The third-order valence-electron chi connectivity index (χ3n) is 7.15. The van der Waals surface area contributed by atoms with Crippen LogP contribution >= 0.6 is 0 Å². The molecule has 0 spiro atoms. The number of fused-ring (bicyclic) bond motifs is 5. The first kappa shape index (κ1) is 28.4. The molecule has 2 aromatic heterocycles. The maximum absolute atomic E-state index is 14.5. The van der Waals surface area contributed by atoms with Gasteiger partial charge in [-0.05, 0) is 62.8 Å². The number of nitrogens with zero attached hydrogens (tertiary/aromatic N) is 2. The number of ether oxygens (including phenoxy) is 1. The van der Waals surface area contributed by atoms with Crippen LogP contribution in [0.15, 0.2) is 16.9 Å². The van der Waals surface area contributed by atoms with Crippen LogP contribution in [-0.4, -0.2) is 37.2 Å². The van der Waals surface area contributed by atoms with E-state index in [4.69, 9.17) is 20.6 Å². The van der Waals surface area contributed by atoms with Gasteiger partial charge in [-0.3, -0.25) is 9.59 Å². The minimum Gasteiger partial charge on any atom is -0.458 e. The number of hydrogen-bond acceptors (Lipinski definition) is 7. The van der Waals surface area contributed by atoms with E-state index in [1.807, 2.05) is 13.8 Å². The first-order valence-corrected chi connectivity index (χ1v) is 13.1. The van der Waals surface area contributed by atoms with Crippen molar-refractivity contribution in [1.82, 2.24) is 9.55 Å². The van der Waals surface area contributed by atoms with Crippen molar-refractivity contribution in [2.24, 2.45) is 5.73 Å². The van der Waals surface area contributed by atoms with E-state index in [9.17, 15) is 23.9 Å². The number of nitrogens with two attached hydrogens (primary N) is 1. The lowest BCUT2D eigenvalue weighted by Crippen LogP contribution is -2.32. The summed E-state index contributed by atoms with van der Waals surface area (Å²) in [6.07, 6.45) is 1.14. The molecule has 1 aromatic carbocycles. The SMILES string of the molecule is CC.CC(C)(O)CC(N)=O.Cc1c(F)cc2nc3c(c4c2c1CCC4)Cn1c-3cc2c(c1=O)COC(=O)C2O. The summed E-state index contributed by atoms with van der Waals surface area (Å²) >= 11 is 0. The van der Waals surface area contributed by atoms with E-state index >= 15 is 0 Å². The highest BCUT2D eigenvalue weighted by atomic mass is 19.1.